The van der Waals surface area contributed by atoms with E-state index in [4.69, 9.17) is 4.74 Å². The van der Waals surface area contributed by atoms with Gasteiger partial charge in [-0.05, 0) is 65.8 Å². The van der Waals surface area contributed by atoms with Crippen molar-refractivity contribution in [3.63, 3.8) is 0 Å². The van der Waals surface area contributed by atoms with Crippen LogP contribution in [0.4, 0.5) is 0 Å². The first-order valence-electron chi connectivity index (χ1n) is 5.99. The second-order valence-corrected chi connectivity index (χ2v) is 5.67. The minimum Gasteiger partial charge on any atom is -0.496 e. The number of ketones is 1. The van der Waals surface area contributed by atoms with Crippen molar-refractivity contribution >= 4 is 28.4 Å². The van der Waals surface area contributed by atoms with E-state index in [1.54, 1.807) is 7.11 Å². The highest BCUT2D eigenvalue weighted by Gasteiger charge is 2.17. The maximum absolute atomic E-state index is 12.6. The number of carbonyl (C=O) groups excluding carboxylic acids is 1. The zero-order valence-electron chi connectivity index (χ0n) is 11.2. The van der Waals surface area contributed by atoms with Gasteiger partial charge in [-0.25, -0.2) is 0 Å². The van der Waals surface area contributed by atoms with E-state index >= 15 is 0 Å². The largest absolute Gasteiger partial charge is 0.496 e. The third-order valence-electron chi connectivity index (χ3n) is 3.21. The van der Waals surface area contributed by atoms with E-state index < -0.39 is 0 Å². The molecule has 0 saturated heterocycles. The molecule has 0 aliphatic heterocycles. The molecule has 3 heteroatoms. The molecule has 0 aromatic heterocycles. The van der Waals surface area contributed by atoms with Gasteiger partial charge in [-0.1, -0.05) is 18.2 Å². The Balaban J connectivity index is 2.53. The summed E-state index contributed by atoms with van der Waals surface area (Å²) >= 11 is 2.20. The summed E-state index contributed by atoms with van der Waals surface area (Å²) in [6.07, 6.45) is 0. The van der Waals surface area contributed by atoms with E-state index in [1.165, 1.54) is 0 Å². The molecule has 0 spiro atoms. The molecule has 0 saturated carbocycles. The Morgan fingerprint density at radius 1 is 1.16 bits per heavy atom. The van der Waals surface area contributed by atoms with Crippen molar-refractivity contribution in [1.82, 2.24) is 0 Å². The van der Waals surface area contributed by atoms with E-state index in [1.807, 2.05) is 50.2 Å². The average molecular weight is 366 g/mol. The average Bonchev–Trinajstić information content (AvgIpc) is 2.41. The van der Waals surface area contributed by atoms with E-state index in [9.17, 15) is 4.79 Å². The molecule has 0 amide bonds. The number of carbonyl (C=O) groups is 1. The van der Waals surface area contributed by atoms with Crippen LogP contribution < -0.4 is 4.74 Å². The minimum atomic E-state index is -0.00142. The Bertz CT molecular complexity index is 633. The van der Waals surface area contributed by atoms with Gasteiger partial charge in [0.2, 0.25) is 0 Å². The van der Waals surface area contributed by atoms with Crippen molar-refractivity contribution in [3.05, 3.63) is 62.2 Å². The molecule has 2 aromatic carbocycles. The SMILES string of the molecule is COc1c(C(=O)c2cccc(I)c2)ccc(C)c1C. The van der Waals surface area contributed by atoms with Crippen LogP contribution in [0.15, 0.2) is 36.4 Å². The minimum absolute atomic E-state index is 0.00142. The summed E-state index contributed by atoms with van der Waals surface area (Å²) in [6, 6.07) is 11.4. The molecule has 0 unspecified atom stereocenters. The summed E-state index contributed by atoms with van der Waals surface area (Å²) in [6.45, 7) is 3.98. The van der Waals surface area contributed by atoms with Crippen LogP contribution in [0.2, 0.25) is 0 Å². The van der Waals surface area contributed by atoms with E-state index in [-0.39, 0.29) is 5.78 Å². The van der Waals surface area contributed by atoms with E-state index in [2.05, 4.69) is 22.6 Å². The van der Waals surface area contributed by atoms with Gasteiger partial charge in [-0.3, -0.25) is 4.79 Å². The first-order valence-corrected chi connectivity index (χ1v) is 7.07. The van der Waals surface area contributed by atoms with Gasteiger partial charge in [0.25, 0.3) is 0 Å². The predicted octanol–water partition coefficient (Wildman–Crippen LogP) is 4.15. The van der Waals surface area contributed by atoms with Crippen LogP contribution in [0.5, 0.6) is 5.75 Å². The van der Waals surface area contributed by atoms with Crippen LogP contribution >= 0.6 is 22.6 Å². The van der Waals surface area contributed by atoms with Gasteiger partial charge < -0.3 is 4.74 Å². The van der Waals surface area contributed by atoms with Gasteiger partial charge in [0, 0.05) is 9.13 Å². The lowest BCUT2D eigenvalue weighted by atomic mass is 9.98. The lowest BCUT2D eigenvalue weighted by molar-refractivity contribution is 0.103. The number of methoxy groups -OCH3 is 1. The summed E-state index contributed by atoms with van der Waals surface area (Å²) in [7, 11) is 1.60. The van der Waals surface area contributed by atoms with E-state index in [0.717, 1.165) is 14.7 Å². The number of rotatable bonds is 3. The number of benzene rings is 2. The first-order chi connectivity index (χ1) is 9.04. The Kier molecular flexibility index (Phi) is 4.24. The molecular weight excluding hydrogens is 351 g/mol. The van der Waals surface area contributed by atoms with Gasteiger partial charge in [0.1, 0.15) is 5.75 Å². The van der Waals surface area contributed by atoms with Crippen molar-refractivity contribution in [2.45, 2.75) is 13.8 Å². The zero-order valence-corrected chi connectivity index (χ0v) is 13.3. The summed E-state index contributed by atoms with van der Waals surface area (Å²) < 4.78 is 6.45. The quantitative estimate of drug-likeness (QED) is 0.603. The fourth-order valence-corrected chi connectivity index (χ4v) is 2.56. The summed E-state index contributed by atoms with van der Waals surface area (Å²) in [5.74, 6) is 0.669. The molecule has 0 radical (unpaired) electrons. The molecule has 0 fully saturated rings. The standard InChI is InChI=1S/C16H15IO2/c1-10-7-8-14(16(19-3)11(10)2)15(18)12-5-4-6-13(17)9-12/h4-9H,1-3H3. The molecule has 0 N–H and O–H groups in total. The molecule has 0 aliphatic carbocycles. The molecule has 0 aliphatic rings. The second kappa shape index (κ2) is 5.74. The molecule has 2 nitrogen and oxygen atoms in total. The molecule has 0 heterocycles. The number of ether oxygens (including phenoxy) is 1. The van der Waals surface area contributed by atoms with Crippen LogP contribution in [0.1, 0.15) is 27.0 Å². The highest BCUT2D eigenvalue weighted by Crippen LogP contribution is 2.28. The highest BCUT2D eigenvalue weighted by molar-refractivity contribution is 14.1. The molecule has 2 aromatic rings. The lowest BCUT2D eigenvalue weighted by Gasteiger charge is -2.12. The molecule has 98 valence electrons. The zero-order chi connectivity index (χ0) is 14.0. The lowest BCUT2D eigenvalue weighted by Crippen LogP contribution is -2.06. The smallest absolute Gasteiger partial charge is 0.196 e. The monoisotopic (exact) mass is 366 g/mol. The van der Waals surface area contributed by atoms with Gasteiger partial charge in [0.05, 0.1) is 12.7 Å². The fourth-order valence-electron chi connectivity index (χ4n) is 2.02. The summed E-state index contributed by atoms with van der Waals surface area (Å²) in [5.41, 5.74) is 3.44. The van der Waals surface area contributed by atoms with Crippen LogP contribution in [-0.2, 0) is 0 Å². The van der Waals surface area contributed by atoms with Crippen LogP contribution in [0, 0.1) is 17.4 Å². The number of hydrogen-bond acceptors (Lipinski definition) is 2. The van der Waals surface area contributed by atoms with Gasteiger partial charge in [-0.2, -0.15) is 0 Å². The number of halogens is 1. The highest BCUT2D eigenvalue weighted by atomic mass is 127. The Hall–Kier alpha value is -1.36. The number of hydrogen-bond donors (Lipinski definition) is 0. The molecule has 0 atom stereocenters. The van der Waals surface area contributed by atoms with Crippen molar-refractivity contribution < 1.29 is 9.53 Å². The molecular formula is C16H15IO2. The fraction of sp³-hybridized carbons (Fsp3) is 0.188. The van der Waals surface area contributed by atoms with Gasteiger partial charge >= 0.3 is 0 Å². The third-order valence-corrected chi connectivity index (χ3v) is 3.88. The molecule has 2 rings (SSSR count). The van der Waals surface area contributed by atoms with Crippen LogP contribution in [-0.4, -0.2) is 12.9 Å². The number of aryl methyl sites for hydroxylation is 1. The van der Waals surface area contributed by atoms with Gasteiger partial charge in [-0.15, -0.1) is 0 Å². The van der Waals surface area contributed by atoms with Crippen molar-refractivity contribution in [3.8, 4) is 5.75 Å². The molecule has 0 bridgehead atoms. The third kappa shape index (κ3) is 2.81. The Morgan fingerprint density at radius 2 is 1.89 bits per heavy atom. The predicted molar refractivity (Wildman–Crippen MR) is 85.1 cm³/mol. The van der Waals surface area contributed by atoms with Crippen LogP contribution in [0.25, 0.3) is 0 Å². The summed E-state index contributed by atoms with van der Waals surface area (Å²) in [4.78, 5) is 12.6. The van der Waals surface area contributed by atoms with Gasteiger partial charge in [0.15, 0.2) is 5.78 Å². The van der Waals surface area contributed by atoms with Crippen molar-refractivity contribution in [2.75, 3.05) is 7.11 Å². The molecule has 19 heavy (non-hydrogen) atoms. The Morgan fingerprint density at radius 3 is 2.53 bits per heavy atom. The maximum Gasteiger partial charge on any atom is 0.196 e. The van der Waals surface area contributed by atoms with Crippen molar-refractivity contribution in [2.24, 2.45) is 0 Å². The maximum atomic E-state index is 12.6. The topological polar surface area (TPSA) is 26.3 Å². The second-order valence-electron chi connectivity index (χ2n) is 4.43. The normalized spacial score (nSPS) is 10.3. The first kappa shape index (κ1) is 14.1. The Labute approximate surface area is 126 Å². The van der Waals surface area contributed by atoms with Crippen molar-refractivity contribution in [1.29, 1.82) is 0 Å². The summed E-state index contributed by atoms with van der Waals surface area (Å²) in [5, 5.41) is 0. The van der Waals surface area contributed by atoms with Crippen LogP contribution in [0.3, 0.4) is 0 Å². The van der Waals surface area contributed by atoms with E-state index in [0.29, 0.717) is 16.9 Å².